The van der Waals surface area contributed by atoms with Crippen LogP contribution in [0.25, 0.3) is 0 Å². The van der Waals surface area contributed by atoms with E-state index in [0.717, 1.165) is 5.69 Å². The Kier molecular flexibility index (Phi) is 4.60. The van der Waals surface area contributed by atoms with Gasteiger partial charge in [0.25, 0.3) is 0 Å². The van der Waals surface area contributed by atoms with E-state index in [1.54, 1.807) is 25.3 Å². The van der Waals surface area contributed by atoms with Gasteiger partial charge in [0.05, 0.1) is 31.5 Å². The lowest BCUT2D eigenvalue weighted by Crippen LogP contribution is -2.45. The number of nitrogens with one attached hydrogen (secondary N) is 1. The van der Waals surface area contributed by atoms with Gasteiger partial charge in [-0.2, -0.15) is 0 Å². The van der Waals surface area contributed by atoms with Crippen LogP contribution in [0.1, 0.15) is 13.3 Å². The predicted molar refractivity (Wildman–Crippen MR) is 68.2 cm³/mol. The van der Waals surface area contributed by atoms with Crippen LogP contribution in [0.15, 0.2) is 18.2 Å². The van der Waals surface area contributed by atoms with Crippen LogP contribution in [0.2, 0.25) is 0 Å². The normalized spacial score (nSPS) is 11.3. The van der Waals surface area contributed by atoms with Crippen molar-refractivity contribution in [1.82, 2.24) is 0 Å². The molecule has 0 fully saturated rings. The van der Waals surface area contributed by atoms with Crippen LogP contribution < -0.4 is 15.8 Å². The van der Waals surface area contributed by atoms with E-state index < -0.39 is 5.54 Å². The Balaban J connectivity index is 2.94. The summed E-state index contributed by atoms with van der Waals surface area (Å²) in [5.74, 6) is 0.566. The highest BCUT2D eigenvalue weighted by molar-refractivity contribution is 5.62. The van der Waals surface area contributed by atoms with Crippen molar-refractivity contribution in [3.05, 3.63) is 18.2 Å². The topological polar surface area (TPSA) is 87.7 Å². The van der Waals surface area contributed by atoms with Crippen LogP contribution in [-0.2, 0) is 0 Å². The highest BCUT2D eigenvalue weighted by atomic mass is 16.5. The maximum atomic E-state index is 9.34. The molecular formula is C12H20N2O3. The van der Waals surface area contributed by atoms with Crippen LogP contribution in [0.3, 0.4) is 0 Å². The Hall–Kier alpha value is -1.46. The molecule has 17 heavy (non-hydrogen) atoms. The van der Waals surface area contributed by atoms with Crippen molar-refractivity contribution in [3.63, 3.8) is 0 Å². The zero-order chi connectivity index (χ0) is 12.9. The van der Waals surface area contributed by atoms with Gasteiger partial charge >= 0.3 is 0 Å². The first-order chi connectivity index (χ1) is 8.10. The zero-order valence-electron chi connectivity index (χ0n) is 10.2. The fourth-order valence-corrected chi connectivity index (χ4v) is 1.54. The van der Waals surface area contributed by atoms with Gasteiger partial charge in [0.15, 0.2) is 0 Å². The molecule has 0 saturated carbocycles. The van der Waals surface area contributed by atoms with E-state index in [1.165, 1.54) is 0 Å². The summed E-state index contributed by atoms with van der Waals surface area (Å²) in [6.07, 6.45) is 0.604. The second-order valence-corrected chi connectivity index (χ2v) is 4.03. The number of hydrogen-bond acceptors (Lipinski definition) is 5. The number of nitrogen functional groups attached to an aromatic ring is 1. The highest BCUT2D eigenvalue weighted by Crippen LogP contribution is 2.27. The number of aliphatic hydroxyl groups excluding tert-OH is 2. The molecule has 0 radical (unpaired) electrons. The minimum Gasteiger partial charge on any atom is -0.495 e. The third-order valence-electron chi connectivity index (χ3n) is 2.93. The summed E-state index contributed by atoms with van der Waals surface area (Å²) in [7, 11) is 1.54. The predicted octanol–water partition coefficient (Wildman–Crippen LogP) is 0.823. The van der Waals surface area contributed by atoms with E-state index in [-0.39, 0.29) is 13.2 Å². The second kappa shape index (κ2) is 5.75. The van der Waals surface area contributed by atoms with Gasteiger partial charge in [-0.3, -0.25) is 0 Å². The molecule has 0 saturated heterocycles. The summed E-state index contributed by atoms with van der Waals surface area (Å²) in [5.41, 5.74) is 6.29. The van der Waals surface area contributed by atoms with Crippen molar-refractivity contribution >= 4 is 11.4 Å². The molecule has 0 aliphatic carbocycles. The second-order valence-electron chi connectivity index (χ2n) is 4.03. The molecule has 1 aromatic rings. The number of rotatable bonds is 6. The first-order valence-corrected chi connectivity index (χ1v) is 5.54. The summed E-state index contributed by atoms with van der Waals surface area (Å²) in [5, 5.41) is 21.8. The molecule has 0 aromatic heterocycles. The van der Waals surface area contributed by atoms with Crippen LogP contribution in [0.5, 0.6) is 5.75 Å². The monoisotopic (exact) mass is 240 g/mol. The van der Waals surface area contributed by atoms with Crippen molar-refractivity contribution in [3.8, 4) is 5.75 Å². The molecule has 5 nitrogen and oxygen atoms in total. The van der Waals surface area contributed by atoms with Gasteiger partial charge in [-0.1, -0.05) is 6.92 Å². The molecule has 0 spiro atoms. The first-order valence-electron chi connectivity index (χ1n) is 5.54. The molecule has 0 atom stereocenters. The number of methoxy groups -OCH3 is 1. The van der Waals surface area contributed by atoms with Gasteiger partial charge in [0.2, 0.25) is 0 Å². The minimum atomic E-state index is -0.721. The van der Waals surface area contributed by atoms with E-state index in [2.05, 4.69) is 5.32 Å². The Labute approximate surface area is 101 Å². The molecule has 0 aliphatic rings. The van der Waals surface area contributed by atoms with E-state index in [1.807, 2.05) is 6.92 Å². The van der Waals surface area contributed by atoms with Crippen LogP contribution >= 0.6 is 0 Å². The molecular weight excluding hydrogens is 220 g/mol. The van der Waals surface area contributed by atoms with E-state index >= 15 is 0 Å². The number of ether oxygens (including phenoxy) is 1. The average molecular weight is 240 g/mol. The van der Waals surface area contributed by atoms with Crippen LogP contribution in [-0.4, -0.2) is 36.1 Å². The summed E-state index contributed by atoms with van der Waals surface area (Å²) in [6, 6.07) is 5.25. The zero-order valence-corrected chi connectivity index (χ0v) is 10.2. The third-order valence-corrected chi connectivity index (χ3v) is 2.93. The first kappa shape index (κ1) is 13.6. The molecule has 0 heterocycles. The van der Waals surface area contributed by atoms with Gasteiger partial charge in [0, 0.05) is 11.8 Å². The minimum absolute atomic E-state index is 0.146. The van der Waals surface area contributed by atoms with E-state index in [0.29, 0.717) is 17.9 Å². The number of nitrogens with two attached hydrogens (primary N) is 1. The maximum Gasteiger partial charge on any atom is 0.143 e. The molecule has 0 bridgehead atoms. The maximum absolute atomic E-state index is 9.34. The Morgan fingerprint density at radius 2 is 2.00 bits per heavy atom. The van der Waals surface area contributed by atoms with Crippen molar-refractivity contribution in [2.45, 2.75) is 18.9 Å². The fraction of sp³-hybridized carbons (Fsp3) is 0.500. The number of aliphatic hydroxyl groups is 2. The SMILES string of the molecule is CCC(CO)(CO)Nc1ccc(N)c(OC)c1. The third kappa shape index (κ3) is 3.01. The van der Waals surface area contributed by atoms with Crippen LogP contribution in [0.4, 0.5) is 11.4 Å². The lowest BCUT2D eigenvalue weighted by atomic mass is 9.98. The average Bonchev–Trinajstić information content (AvgIpc) is 2.38. The van der Waals surface area contributed by atoms with Gasteiger partial charge in [-0.15, -0.1) is 0 Å². The molecule has 0 aliphatic heterocycles. The smallest absolute Gasteiger partial charge is 0.143 e. The highest BCUT2D eigenvalue weighted by Gasteiger charge is 2.26. The summed E-state index contributed by atoms with van der Waals surface area (Å²) < 4.78 is 5.11. The Morgan fingerprint density at radius 1 is 1.35 bits per heavy atom. The molecule has 96 valence electrons. The van der Waals surface area contributed by atoms with Gasteiger partial charge in [0.1, 0.15) is 5.75 Å². The lowest BCUT2D eigenvalue weighted by molar-refractivity contribution is 0.132. The van der Waals surface area contributed by atoms with Gasteiger partial charge in [-0.25, -0.2) is 0 Å². The Morgan fingerprint density at radius 3 is 2.47 bits per heavy atom. The molecule has 0 amide bonds. The summed E-state index contributed by atoms with van der Waals surface area (Å²) in [4.78, 5) is 0. The molecule has 1 aromatic carbocycles. The summed E-state index contributed by atoms with van der Waals surface area (Å²) in [6.45, 7) is 1.60. The van der Waals surface area contributed by atoms with Gasteiger partial charge < -0.3 is 26.0 Å². The Bertz CT molecular complexity index is 357. The number of hydrogen-bond donors (Lipinski definition) is 4. The number of anilines is 2. The molecule has 1 rings (SSSR count). The standard InChI is InChI=1S/C12H20N2O3/c1-3-12(7-15,8-16)14-9-4-5-10(13)11(6-9)17-2/h4-6,14-16H,3,7-8,13H2,1-2H3. The van der Waals surface area contributed by atoms with Crippen LogP contribution in [0, 0.1) is 0 Å². The fourth-order valence-electron chi connectivity index (χ4n) is 1.54. The van der Waals surface area contributed by atoms with Crippen molar-refractivity contribution in [1.29, 1.82) is 0 Å². The molecule has 5 heteroatoms. The van der Waals surface area contributed by atoms with E-state index in [4.69, 9.17) is 10.5 Å². The molecule has 5 N–H and O–H groups in total. The van der Waals surface area contributed by atoms with Crippen molar-refractivity contribution < 1.29 is 14.9 Å². The number of benzene rings is 1. The van der Waals surface area contributed by atoms with E-state index in [9.17, 15) is 10.2 Å². The van der Waals surface area contributed by atoms with Gasteiger partial charge in [-0.05, 0) is 18.6 Å². The van der Waals surface area contributed by atoms with Crippen molar-refractivity contribution in [2.24, 2.45) is 0 Å². The largest absolute Gasteiger partial charge is 0.495 e. The lowest BCUT2D eigenvalue weighted by Gasteiger charge is -2.31. The quantitative estimate of drug-likeness (QED) is 0.553. The van der Waals surface area contributed by atoms with Crippen molar-refractivity contribution in [2.75, 3.05) is 31.4 Å². The summed E-state index contributed by atoms with van der Waals surface area (Å²) >= 11 is 0. The molecule has 0 unspecified atom stereocenters.